The van der Waals surface area contributed by atoms with Crippen LogP contribution < -0.4 is 0 Å². The van der Waals surface area contributed by atoms with Crippen LogP contribution in [0, 0.1) is 29.5 Å². The zero-order valence-electron chi connectivity index (χ0n) is 17.2. The minimum absolute atomic E-state index is 0.0247. The normalized spacial score (nSPS) is 37.2. The Hall–Kier alpha value is -1.19. The predicted octanol–water partition coefficient (Wildman–Crippen LogP) is 6.47. The molecule has 1 saturated heterocycles. The van der Waals surface area contributed by atoms with Crippen molar-refractivity contribution in [3.63, 3.8) is 0 Å². The summed E-state index contributed by atoms with van der Waals surface area (Å²) in [6.07, 6.45) is 14.7. The van der Waals surface area contributed by atoms with Gasteiger partial charge in [0.25, 0.3) is 0 Å². The van der Waals surface area contributed by atoms with Gasteiger partial charge in [0.2, 0.25) is 0 Å². The summed E-state index contributed by atoms with van der Waals surface area (Å²) in [6, 6.07) is 7.19. The van der Waals surface area contributed by atoms with Crippen LogP contribution in [0.15, 0.2) is 36.4 Å². The van der Waals surface area contributed by atoms with E-state index in [2.05, 4.69) is 19.1 Å². The van der Waals surface area contributed by atoms with Crippen LogP contribution >= 0.6 is 0 Å². The van der Waals surface area contributed by atoms with Gasteiger partial charge in [0, 0.05) is 11.8 Å². The van der Waals surface area contributed by atoms with Crippen LogP contribution in [0.5, 0.6) is 0 Å². The van der Waals surface area contributed by atoms with Gasteiger partial charge in [-0.3, -0.25) is 0 Å². The maximum absolute atomic E-state index is 13.2. The highest BCUT2D eigenvalue weighted by Crippen LogP contribution is 2.44. The molecule has 0 radical (unpaired) electrons. The standard InChI is InChI=1S/C25H35FO2/c1-2-3-18-16-27-25(28-17-18)23-10-8-21(9-11-23)19-4-6-20(7-5-19)22-12-14-24(26)15-13-22/h2-3,12-15,18-21,23,25H,4-11,16-17H2,1H3/b3-2+. The lowest BCUT2D eigenvalue weighted by molar-refractivity contribution is -0.223. The minimum Gasteiger partial charge on any atom is -0.352 e. The summed E-state index contributed by atoms with van der Waals surface area (Å²) < 4.78 is 25.2. The monoisotopic (exact) mass is 386 g/mol. The third kappa shape index (κ3) is 4.86. The fourth-order valence-electron chi connectivity index (χ4n) is 5.74. The van der Waals surface area contributed by atoms with Gasteiger partial charge in [-0.1, -0.05) is 24.3 Å². The third-order valence-electron chi connectivity index (χ3n) is 7.40. The van der Waals surface area contributed by atoms with Crippen molar-refractivity contribution in [1.29, 1.82) is 0 Å². The van der Waals surface area contributed by atoms with Crippen LogP contribution in [0.25, 0.3) is 0 Å². The summed E-state index contributed by atoms with van der Waals surface area (Å²) >= 11 is 0. The van der Waals surface area contributed by atoms with Gasteiger partial charge in [-0.05, 0) is 93.7 Å². The zero-order chi connectivity index (χ0) is 19.3. The van der Waals surface area contributed by atoms with Crippen molar-refractivity contribution in [3.8, 4) is 0 Å². The summed E-state index contributed by atoms with van der Waals surface area (Å²) in [5, 5.41) is 0. The molecule has 2 nitrogen and oxygen atoms in total. The topological polar surface area (TPSA) is 18.5 Å². The Kier molecular flexibility index (Phi) is 6.85. The second kappa shape index (κ2) is 9.54. The minimum atomic E-state index is -0.127. The van der Waals surface area contributed by atoms with E-state index in [9.17, 15) is 4.39 Å². The molecule has 1 heterocycles. The number of rotatable bonds is 4. The number of allylic oxidation sites excluding steroid dienone is 1. The molecule has 0 aromatic heterocycles. The second-order valence-electron chi connectivity index (χ2n) is 9.16. The van der Waals surface area contributed by atoms with E-state index in [1.165, 1.54) is 56.9 Å². The van der Waals surface area contributed by atoms with Crippen molar-refractivity contribution in [2.75, 3.05) is 13.2 Å². The first-order valence-electron chi connectivity index (χ1n) is 11.3. The number of ether oxygens (including phenoxy) is 2. The van der Waals surface area contributed by atoms with Crippen molar-refractivity contribution in [3.05, 3.63) is 47.8 Å². The Morgan fingerprint density at radius 3 is 1.89 bits per heavy atom. The Morgan fingerprint density at radius 2 is 1.32 bits per heavy atom. The van der Waals surface area contributed by atoms with E-state index in [0.29, 0.717) is 17.8 Å². The van der Waals surface area contributed by atoms with E-state index in [1.807, 2.05) is 12.1 Å². The SMILES string of the molecule is C/C=C/C1COC(C2CCC(C3CCC(c4ccc(F)cc4)CC3)CC2)OC1. The first kappa shape index (κ1) is 20.1. The first-order valence-corrected chi connectivity index (χ1v) is 11.3. The van der Waals surface area contributed by atoms with Gasteiger partial charge < -0.3 is 9.47 Å². The molecule has 0 amide bonds. The van der Waals surface area contributed by atoms with Crippen LogP contribution in [0.2, 0.25) is 0 Å². The van der Waals surface area contributed by atoms with E-state index in [-0.39, 0.29) is 12.1 Å². The van der Waals surface area contributed by atoms with Gasteiger partial charge >= 0.3 is 0 Å². The fourth-order valence-corrected chi connectivity index (χ4v) is 5.74. The van der Waals surface area contributed by atoms with E-state index in [4.69, 9.17) is 9.47 Å². The van der Waals surface area contributed by atoms with Gasteiger partial charge in [-0.25, -0.2) is 4.39 Å². The molecular formula is C25H35FO2. The zero-order valence-corrected chi connectivity index (χ0v) is 17.2. The first-order chi connectivity index (χ1) is 13.7. The lowest BCUT2D eigenvalue weighted by Gasteiger charge is -2.41. The van der Waals surface area contributed by atoms with Gasteiger partial charge in [0.15, 0.2) is 6.29 Å². The highest BCUT2D eigenvalue weighted by molar-refractivity contribution is 5.21. The molecule has 1 aromatic carbocycles. The van der Waals surface area contributed by atoms with Gasteiger partial charge in [-0.2, -0.15) is 0 Å². The molecule has 154 valence electrons. The molecular weight excluding hydrogens is 351 g/mol. The summed E-state index contributed by atoms with van der Waals surface area (Å²) in [5.74, 6) is 3.27. The quantitative estimate of drug-likeness (QED) is 0.552. The van der Waals surface area contributed by atoms with Gasteiger partial charge in [-0.15, -0.1) is 0 Å². The molecule has 3 fully saturated rings. The van der Waals surface area contributed by atoms with Crippen molar-refractivity contribution in [2.45, 2.75) is 70.5 Å². The number of benzene rings is 1. The molecule has 2 aliphatic carbocycles. The molecule has 1 aliphatic heterocycles. The predicted molar refractivity (Wildman–Crippen MR) is 111 cm³/mol. The summed E-state index contributed by atoms with van der Waals surface area (Å²) in [7, 11) is 0. The van der Waals surface area contributed by atoms with E-state index in [0.717, 1.165) is 25.0 Å². The largest absolute Gasteiger partial charge is 0.352 e. The Bertz CT molecular complexity index is 616. The van der Waals surface area contributed by atoms with Crippen LogP contribution in [-0.2, 0) is 9.47 Å². The molecule has 0 bridgehead atoms. The molecule has 28 heavy (non-hydrogen) atoms. The Morgan fingerprint density at radius 1 is 0.786 bits per heavy atom. The number of hydrogen-bond donors (Lipinski definition) is 0. The highest BCUT2D eigenvalue weighted by Gasteiger charge is 2.35. The molecule has 0 atom stereocenters. The van der Waals surface area contributed by atoms with E-state index < -0.39 is 0 Å². The molecule has 0 spiro atoms. The van der Waals surface area contributed by atoms with Crippen molar-refractivity contribution in [2.24, 2.45) is 23.7 Å². The molecule has 1 aromatic rings. The van der Waals surface area contributed by atoms with E-state index in [1.54, 1.807) is 12.1 Å². The fraction of sp³-hybridized carbons (Fsp3) is 0.680. The highest BCUT2D eigenvalue weighted by atomic mass is 19.1. The number of hydrogen-bond acceptors (Lipinski definition) is 2. The van der Waals surface area contributed by atoms with Gasteiger partial charge in [0.05, 0.1) is 13.2 Å². The van der Waals surface area contributed by atoms with E-state index >= 15 is 0 Å². The average Bonchev–Trinajstić information content (AvgIpc) is 2.75. The Labute approximate surface area is 169 Å². The maximum Gasteiger partial charge on any atom is 0.160 e. The van der Waals surface area contributed by atoms with Crippen LogP contribution in [0.4, 0.5) is 4.39 Å². The average molecular weight is 387 g/mol. The Balaban J connectivity index is 1.20. The molecule has 0 unspecified atom stereocenters. The molecule has 3 heteroatoms. The smallest absolute Gasteiger partial charge is 0.160 e. The van der Waals surface area contributed by atoms with Crippen molar-refractivity contribution in [1.82, 2.24) is 0 Å². The lowest BCUT2D eigenvalue weighted by atomic mass is 9.68. The van der Waals surface area contributed by atoms with Crippen molar-refractivity contribution >= 4 is 0 Å². The summed E-state index contributed by atoms with van der Waals surface area (Å²) in [4.78, 5) is 0. The summed E-state index contributed by atoms with van der Waals surface area (Å²) in [5.41, 5.74) is 1.33. The lowest BCUT2D eigenvalue weighted by Crippen LogP contribution is -2.38. The van der Waals surface area contributed by atoms with Crippen LogP contribution in [0.3, 0.4) is 0 Å². The maximum atomic E-state index is 13.2. The summed E-state index contributed by atoms with van der Waals surface area (Å²) in [6.45, 7) is 3.67. The molecule has 2 saturated carbocycles. The van der Waals surface area contributed by atoms with Gasteiger partial charge in [0.1, 0.15) is 5.82 Å². The third-order valence-corrected chi connectivity index (χ3v) is 7.40. The van der Waals surface area contributed by atoms with Crippen molar-refractivity contribution < 1.29 is 13.9 Å². The van der Waals surface area contributed by atoms with Crippen LogP contribution in [0.1, 0.15) is 69.8 Å². The number of halogens is 1. The molecule has 4 rings (SSSR count). The second-order valence-corrected chi connectivity index (χ2v) is 9.16. The molecule has 0 N–H and O–H groups in total. The van der Waals surface area contributed by atoms with Crippen LogP contribution in [-0.4, -0.2) is 19.5 Å². The molecule has 3 aliphatic rings.